The van der Waals surface area contributed by atoms with Gasteiger partial charge in [0, 0.05) is 48.1 Å². The van der Waals surface area contributed by atoms with E-state index in [9.17, 15) is 4.79 Å². The number of aromatic nitrogens is 5. The Morgan fingerprint density at radius 2 is 2.00 bits per heavy atom. The first-order valence-corrected chi connectivity index (χ1v) is 9.73. The summed E-state index contributed by atoms with van der Waals surface area (Å²) in [5.41, 5.74) is 4.75. The van der Waals surface area contributed by atoms with E-state index in [1.165, 1.54) is 4.52 Å². The van der Waals surface area contributed by atoms with Crippen LogP contribution in [-0.4, -0.2) is 31.5 Å². The fraction of sp³-hybridized carbons (Fsp3) is 0.286. The van der Waals surface area contributed by atoms with Gasteiger partial charge in [0.1, 0.15) is 0 Å². The van der Waals surface area contributed by atoms with Crippen LogP contribution in [0.25, 0.3) is 16.8 Å². The summed E-state index contributed by atoms with van der Waals surface area (Å²) < 4.78 is 8.72. The van der Waals surface area contributed by atoms with Crippen LogP contribution in [0.1, 0.15) is 29.9 Å². The first kappa shape index (κ1) is 19.4. The van der Waals surface area contributed by atoms with Crippen LogP contribution in [0.4, 0.5) is 0 Å². The molecule has 29 heavy (non-hydrogen) atoms. The van der Waals surface area contributed by atoms with E-state index >= 15 is 0 Å². The highest BCUT2D eigenvalue weighted by Gasteiger charge is 2.19. The predicted octanol–water partition coefficient (Wildman–Crippen LogP) is 3.80. The summed E-state index contributed by atoms with van der Waals surface area (Å²) in [5, 5.41) is 8.12. The fourth-order valence-corrected chi connectivity index (χ4v) is 3.59. The molecule has 7 nitrogen and oxygen atoms in total. The molecule has 0 fully saturated rings. The normalized spacial score (nSPS) is 12.6. The Bertz CT molecular complexity index is 1210. The van der Waals surface area contributed by atoms with E-state index in [-0.39, 0.29) is 11.5 Å². The molecule has 0 bridgehead atoms. The summed E-state index contributed by atoms with van der Waals surface area (Å²) in [6.07, 6.45) is 1.77. The highest BCUT2D eigenvalue weighted by Crippen LogP contribution is 2.29. The summed E-state index contributed by atoms with van der Waals surface area (Å²) >= 11 is 6.05. The quantitative estimate of drug-likeness (QED) is 0.523. The highest BCUT2D eigenvalue weighted by molar-refractivity contribution is 6.30. The number of methoxy groups -OCH3 is 1. The zero-order valence-electron chi connectivity index (χ0n) is 16.5. The van der Waals surface area contributed by atoms with Crippen LogP contribution in [0, 0.1) is 6.92 Å². The minimum Gasteiger partial charge on any atom is -0.378 e. The maximum Gasteiger partial charge on any atom is 0.272 e. The van der Waals surface area contributed by atoms with E-state index in [0.717, 1.165) is 28.2 Å². The van der Waals surface area contributed by atoms with Gasteiger partial charge in [0.15, 0.2) is 5.65 Å². The van der Waals surface area contributed by atoms with Crippen molar-refractivity contribution in [1.29, 1.82) is 0 Å². The molecule has 1 aromatic carbocycles. The van der Waals surface area contributed by atoms with Crippen molar-refractivity contribution in [2.75, 3.05) is 7.11 Å². The van der Waals surface area contributed by atoms with E-state index in [4.69, 9.17) is 21.3 Å². The van der Waals surface area contributed by atoms with Gasteiger partial charge in [-0.15, -0.1) is 0 Å². The van der Waals surface area contributed by atoms with Crippen LogP contribution in [0.2, 0.25) is 5.02 Å². The van der Waals surface area contributed by atoms with Gasteiger partial charge in [-0.1, -0.05) is 30.7 Å². The van der Waals surface area contributed by atoms with Gasteiger partial charge in [0.05, 0.1) is 18.0 Å². The van der Waals surface area contributed by atoms with Gasteiger partial charge in [0.2, 0.25) is 0 Å². The molecule has 1 atom stereocenters. The van der Waals surface area contributed by atoms with Crippen LogP contribution < -0.4 is 5.56 Å². The third-order valence-electron chi connectivity index (χ3n) is 5.01. The summed E-state index contributed by atoms with van der Waals surface area (Å²) in [4.78, 5) is 17.7. The summed E-state index contributed by atoms with van der Waals surface area (Å²) in [5.74, 6) is 0.0187. The average Bonchev–Trinajstić information content (AvgIpc) is 3.26. The number of aryl methyl sites for hydroxylation is 1. The molecule has 0 saturated heterocycles. The van der Waals surface area contributed by atoms with Crippen LogP contribution in [0.5, 0.6) is 0 Å². The Kier molecular flexibility index (Phi) is 5.25. The lowest BCUT2D eigenvalue weighted by Gasteiger charge is -2.13. The molecule has 4 aromatic rings. The number of nitrogens with one attached hydrogen (secondary N) is 1. The molecule has 0 spiro atoms. The smallest absolute Gasteiger partial charge is 0.272 e. The van der Waals surface area contributed by atoms with Crippen molar-refractivity contribution in [3.8, 4) is 11.1 Å². The van der Waals surface area contributed by atoms with Gasteiger partial charge in [-0.25, -0.2) is 9.50 Å². The molecular weight excluding hydrogens is 390 g/mol. The molecule has 0 radical (unpaired) electrons. The minimum atomic E-state index is -0.161. The van der Waals surface area contributed by atoms with Crippen molar-refractivity contribution < 1.29 is 4.74 Å². The molecule has 8 heteroatoms. The molecule has 0 unspecified atom stereocenters. The van der Waals surface area contributed by atoms with Gasteiger partial charge in [0.25, 0.3) is 5.56 Å². The highest BCUT2D eigenvalue weighted by atomic mass is 35.5. The van der Waals surface area contributed by atoms with Crippen LogP contribution in [0.3, 0.4) is 0 Å². The van der Waals surface area contributed by atoms with E-state index in [1.807, 2.05) is 48.9 Å². The molecule has 0 aliphatic carbocycles. The van der Waals surface area contributed by atoms with Crippen molar-refractivity contribution in [2.45, 2.75) is 32.9 Å². The van der Waals surface area contributed by atoms with Crippen LogP contribution in [-0.2, 0) is 17.9 Å². The first-order chi connectivity index (χ1) is 14.0. The Labute approximate surface area is 172 Å². The number of hydrogen-bond donors (Lipinski definition) is 1. The number of hydrogen-bond acceptors (Lipinski definition) is 4. The molecule has 0 aliphatic rings. The number of fused-ring (bicyclic) bond motifs is 1. The maximum absolute atomic E-state index is 12.8. The second-order valence-electron chi connectivity index (χ2n) is 7.14. The lowest BCUT2D eigenvalue weighted by atomic mass is 10.0. The lowest BCUT2D eigenvalue weighted by molar-refractivity contribution is 0.181. The van der Waals surface area contributed by atoms with E-state index in [1.54, 1.807) is 19.4 Å². The average molecular weight is 412 g/mol. The second-order valence-corrected chi connectivity index (χ2v) is 7.58. The van der Waals surface area contributed by atoms with Gasteiger partial charge in [-0.05, 0) is 30.7 Å². The molecule has 4 rings (SSSR count). The van der Waals surface area contributed by atoms with Crippen molar-refractivity contribution in [3.63, 3.8) is 0 Å². The van der Waals surface area contributed by atoms with Crippen LogP contribution in [0.15, 0.2) is 47.4 Å². The fourth-order valence-electron chi connectivity index (χ4n) is 3.47. The zero-order chi connectivity index (χ0) is 20.5. The Hall–Kier alpha value is -2.90. The van der Waals surface area contributed by atoms with Crippen molar-refractivity contribution in [3.05, 3.63) is 75.1 Å². The Morgan fingerprint density at radius 1 is 1.24 bits per heavy atom. The topological polar surface area (TPSA) is 77.2 Å². The summed E-state index contributed by atoms with van der Waals surface area (Å²) in [7, 11) is 1.62. The largest absolute Gasteiger partial charge is 0.378 e. The van der Waals surface area contributed by atoms with E-state index in [0.29, 0.717) is 23.8 Å². The zero-order valence-corrected chi connectivity index (χ0v) is 17.3. The van der Waals surface area contributed by atoms with E-state index in [2.05, 4.69) is 10.2 Å². The molecule has 3 aromatic heterocycles. The van der Waals surface area contributed by atoms with E-state index < -0.39 is 0 Å². The maximum atomic E-state index is 12.8. The number of rotatable bonds is 6. The SMILES string of the molecule is COCc1[nH]n2c(=O)cc([C@H](C)Cn3nccc3C)nc2c1-c1ccc(Cl)cc1. The second kappa shape index (κ2) is 7.85. The molecule has 0 amide bonds. The van der Waals surface area contributed by atoms with Crippen molar-refractivity contribution >= 4 is 17.2 Å². The lowest BCUT2D eigenvalue weighted by Crippen LogP contribution is -2.18. The first-order valence-electron chi connectivity index (χ1n) is 9.35. The molecule has 3 heterocycles. The Balaban J connectivity index is 1.85. The molecule has 0 saturated carbocycles. The van der Waals surface area contributed by atoms with Crippen molar-refractivity contribution in [1.82, 2.24) is 24.4 Å². The van der Waals surface area contributed by atoms with Gasteiger partial charge >= 0.3 is 0 Å². The molecule has 150 valence electrons. The van der Waals surface area contributed by atoms with Gasteiger partial charge < -0.3 is 4.74 Å². The number of nitrogens with zero attached hydrogens (tertiary/aromatic N) is 4. The number of aromatic amines is 1. The molecule has 1 N–H and O–H groups in total. The number of H-pyrrole nitrogens is 1. The third kappa shape index (κ3) is 3.71. The van der Waals surface area contributed by atoms with Crippen LogP contribution >= 0.6 is 11.6 Å². The van der Waals surface area contributed by atoms with Gasteiger partial charge in [-0.2, -0.15) is 5.10 Å². The third-order valence-corrected chi connectivity index (χ3v) is 5.26. The number of ether oxygens (including phenoxy) is 1. The van der Waals surface area contributed by atoms with Gasteiger partial charge in [-0.3, -0.25) is 14.6 Å². The standard InChI is InChI=1S/C21H22ClN5O2/c1-13(11-26-14(2)8-9-23-26)17-10-19(28)27-21(24-17)20(18(25-27)12-29-3)15-4-6-16(22)7-5-15/h4-10,13,25H,11-12H2,1-3H3/t13-/m1/s1. The molecular formula is C21H22ClN5O2. The summed E-state index contributed by atoms with van der Waals surface area (Å²) in [6, 6.07) is 11.0. The predicted molar refractivity (Wildman–Crippen MR) is 112 cm³/mol. The minimum absolute atomic E-state index is 0.0187. The monoisotopic (exact) mass is 411 g/mol. The van der Waals surface area contributed by atoms with Crippen molar-refractivity contribution in [2.24, 2.45) is 0 Å². The Morgan fingerprint density at radius 3 is 2.66 bits per heavy atom. The summed E-state index contributed by atoms with van der Waals surface area (Å²) in [6.45, 7) is 5.03. The number of halogens is 1. The molecule has 0 aliphatic heterocycles. The number of benzene rings is 1.